The van der Waals surface area contributed by atoms with Crippen molar-refractivity contribution in [1.29, 1.82) is 0 Å². The Hall–Kier alpha value is -2.84. The molecule has 0 radical (unpaired) electrons. The summed E-state index contributed by atoms with van der Waals surface area (Å²) in [4.78, 5) is 38.5. The Bertz CT molecular complexity index is 1290. The Morgan fingerprint density at radius 3 is 2.00 bits per heavy atom. The van der Waals surface area contributed by atoms with Crippen molar-refractivity contribution >= 4 is 39.1 Å². The molecule has 2 aliphatic heterocycles. The third-order valence-corrected chi connectivity index (χ3v) is 11.0. The summed E-state index contributed by atoms with van der Waals surface area (Å²) in [7, 11) is -4.16. The van der Waals surface area contributed by atoms with Crippen LogP contribution in [-0.4, -0.2) is 76.6 Å². The van der Waals surface area contributed by atoms with Crippen LogP contribution in [0, 0.1) is 17.8 Å². The van der Waals surface area contributed by atoms with Crippen molar-refractivity contribution in [2.45, 2.75) is 62.3 Å². The van der Waals surface area contributed by atoms with Gasteiger partial charge in [-0.05, 0) is 119 Å². The van der Waals surface area contributed by atoms with Gasteiger partial charge in [-0.15, -0.1) is 11.3 Å². The zero-order chi connectivity index (χ0) is 31.4. The molecule has 1 unspecified atom stereocenters. The molecule has 44 heavy (non-hydrogen) atoms. The number of sulfonamides is 1. The smallest absolute Gasteiger partial charge is 0.323 e. The van der Waals surface area contributed by atoms with Gasteiger partial charge in [0.1, 0.15) is 6.04 Å². The summed E-state index contributed by atoms with van der Waals surface area (Å²) in [6.07, 6.45) is 7.96. The molecule has 2 aliphatic rings. The Kier molecular flexibility index (Phi) is 13.2. The number of benzene rings is 1. The average Bonchev–Trinajstić information content (AvgIpc) is 3.58. The Labute approximate surface area is 264 Å². The Morgan fingerprint density at radius 1 is 0.886 bits per heavy atom. The summed E-state index contributed by atoms with van der Waals surface area (Å²) in [5, 5.41) is 23.5. The highest BCUT2D eigenvalue weighted by atomic mass is 32.2. The highest BCUT2D eigenvalue weighted by molar-refractivity contribution is 7.89. The lowest BCUT2D eigenvalue weighted by atomic mass is 9.84. The van der Waals surface area contributed by atoms with Crippen LogP contribution >= 0.6 is 11.3 Å². The number of nitrogens with one attached hydrogen (secondary N) is 5. The number of aliphatic carboxylic acids is 1. The molecule has 2 amide bonds. The molecule has 0 saturated carbocycles. The van der Waals surface area contributed by atoms with Crippen molar-refractivity contribution in [2.24, 2.45) is 17.8 Å². The predicted octanol–water partition coefficient (Wildman–Crippen LogP) is 2.55. The predicted molar refractivity (Wildman–Crippen MR) is 171 cm³/mol. The van der Waals surface area contributed by atoms with Crippen LogP contribution in [0.25, 0.3) is 10.4 Å². The molecule has 1 atom stereocenters. The van der Waals surface area contributed by atoms with Crippen LogP contribution in [0.2, 0.25) is 0 Å². The molecule has 2 fully saturated rings. The molecule has 1 aromatic heterocycles. The Balaban J connectivity index is 1.26. The van der Waals surface area contributed by atoms with Crippen LogP contribution in [0.5, 0.6) is 0 Å². The number of hydrogen-bond acceptors (Lipinski definition) is 8. The molecular weight excluding hydrogens is 603 g/mol. The minimum Gasteiger partial charge on any atom is -0.480 e. The van der Waals surface area contributed by atoms with Crippen molar-refractivity contribution in [2.75, 3.05) is 39.3 Å². The minimum absolute atomic E-state index is 0.0809. The summed E-state index contributed by atoms with van der Waals surface area (Å²) >= 11 is 1.52. The lowest BCUT2D eigenvalue weighted by Gasteiger charge is -2.27. The van der Waals surface area contributed by atoms with E-state index in [1.54, 1.807) is 12.1 Å². The maximum absolute atomic E-state index is 13.2. The quantitative estimate of drug-likeness (QED) is 0.162. The normalized spacial score (nSPS) is 17.3. The van der Waals surface area contributed by atoms with Crippen molar-refractivity contribution in [3.05, 3.63) is 41.8 Å². The monoisotopic (exact) mass is 647 g/mol. The van der Waals surface area contributed by atoms with Gasteiger partial charge in [0.05, 0.1) is 11.4 Å². The number of hydrogen-bond donors (Lipinski definition) is 6. The van der Waals surface area contributed by atoms with E-state index in [1.165, 1.54) is 23.5 Å². The number of carbonyl (C=O) groups excluding carboxylic acids is 2. The van der Waals surface area contributed by atoms with Crippen molar-refractivity contribution in [3.8, 4) is 10.4 Å². The van der Waals surface area contributed by atoms with E-state index in [1.807, 2.05) is 17.5 Å². The van der Waals surface area contributed by atoms with E-state index in [0.717, 1.165) is 88.0 Å². The third kappa shape index (κ3) is 10.7. The summed E-state index contributed by atoms with van der Waals surface area (Å²) < 4.78 is 27.9. The minimum atomic E-state index is -4.16. The van der Waals surface area contributed by atoms with Gasteiger partial charge in [0, 0.05) is 17.3 Å². The molecule has 11 nitrogen and oxygen atoms in total. The molecule has 2 saturated heterocycles. The standard InChI is InChI=1S/C31H45N5O6S2/c37-29(21-35-30(38)25(5-3-22-11-15-32-16-12-22)6-4-23-13-17-33-18-14-23)34-20-27(31(39)40)36-44(41,42)26-9-7-24(8-10-26)28-2-1-19-43-28/h1-2,7-10,19,22-23,25,27,32-33,36H,3-6,11-18,20-21H2,(H,34,37)(H,35,38)(H,39,40). The van der Waals surface area contributed by atoms with E-state index in [2.05, 4.69) is 26.0 Å². The van der Waals surface area contributed by atoms with Gasteiger partial charge in [0.15, 0.2) is 0 Å². The largest absolute Gasteiger partial charge is 0.480 e. The molecule has 13 heteroatoms. The van der Waals surface area contributed by atoms with Crippen LogP contribution in [-0.2, 0) is 24.4 Å². The summed E-state index contributed by atoms with van der Waals surface area (Å²) in [6, 6.07) is 8.38. The molecule has 242 valence electrons. The second kappa shape index (κ2) is 17.0. The number of rotatable bonds is 16. The van der Waals surface area contributed by atoms with E-state index in [4.69, 9.17) is 0 Å². The van der Waals surface area contributed by atoms with E-state index >= 15 is 0 Å². The van der Waals surface area contributed by atoms with Crippen LogP contribution < -0.4 is 26.0 Å². The van der Waals surface area contributed by atoms with Crippen LogP contribution in [0.4, 0.5) is 0 Å². The topological polar surface area (TPSA) is 166 Å². The van der Waals surface area contributed by atoms with Gasteiger partial charge in [-0.3, -0.25) is 14.4 Å². The molecule has 3 heterocycles. The first-order chi connectivity index (χ1) is 21.2. The van der Waals surface area contributed by atoms with Gasteiger partial charge in [-0.25, -0.2) is 8.42 Å². The van der Waals surface area contributed by atoms with Gasteiger partial charge >= 0.3 is 5.97 Å². The summed E-state index contributed by atoms with van der Waals surface area (Å²) in [5.74, 6) is -1.15. The number of piperidine rings is 2. The molecule has 0 aliphatic carbocycles. The Morgan fingerprint density at radius 2 is 1.48 bits per heavy atom. The fraction of sp³-hybridized carbons (Fsp3) is 0.581. The van der Waals surface area contributed by atoms with E-state index < -0.39 is 34.5 Å². The second-order valence-electron chi connectivity index (χ2n) is 11.8. The third-order valence-electron chi connectivity index (χ3n) is 8.63. The zero-order valence-corrected chi connectivity index (χ0v) is 26.7. The van der Waals surface area contributed by atoms with Crippen LogP contribution in [0.3, 0.4) is 0 Å². The SMILES string of the molecule is O=C(CNC(=O)C(CCC1CCNCC1)CCC1CCNCC1)NCC(NS(=O)(=O)c1ccc(-c2cccs2)cc1)C(=O)O. The molecule has 6 N–H and O–H groups in total. The maximum atomic E-state index is 13.2. The van der Waals surface area contributed by atoms with E-state index in [0.29, 0.717) is 11.8 Å². The second-order valence-corrected chi connectivity index (χ2v) is 14.4. The zero-order valence-electron chi connectivity index (χ0n) is 25.1. The average molecular weight is 648 g/mol. The maximum Gasteiger partial charge on any atom is 0.323 e. The number of amides is 2. The first-order valence-electron chi connectivity index (χ1n) is 15.6. The lowest BCUT2D eigenvalue weighted by molar-refractivity contribution is -0.139. The fourth-order valence-electron chi connectivity index (χ4n) is 5.89. The van der Waals surface area contributed by atoms with Gasteiger partial charge in [0.2, 0.25) is 21.8 Å². The molecule has 1 aromatic carbocycles. The van der Waals surface area contributed by atoms with Crippen LogP contribution in [0.15, 0.2) is 46.7 Å². The summed E-state index contributed by atoms with van der Waals surface area (Å²) in [6.45, 7) is 3.25. The van der Waals surface area contributed by atoms with E-state index in [-0.39, 0.29) is 23.3 Å². The molecular formula is C31H45N5O6S2. The van der Waals surface area contributed by atoms with Crippen molar-refractivity contribution < 1.29 is 27.9 Å². The van der Waals surface area contributed by atoms with Crippen molar-refractivity contribution in [1.82, 2.24) is 26.0 Å². The van der Waals surface area contributed by atoms with Gasteiger partial charge in [0.25, 0.3) is 0 Å². The van der Waals surface area contributed by atoms with Gasteiger partial charge in [-0.1, -0.05) is 18.2 Å². The van der Waals surface area contributed by atoms with E-state index in [9.17, 15) is 27.9 Å². The van der Waals surface area contributed by atoms with Gasteiger partial charge in [-0.2, -0.15) is 4.72 Å². The number of carboxylic acids is 1. The first-order valence-corrected chi connectivity index (χ1v) is 17.9. The first kappa shape index (κ1) is 34.0. The number of carbonyl (C=O) groups is 3. The molecule has 2 aromatic rings. The highest BCUT2D eigenvalue weighted by Crippen LogP contribution is 2.27. The number of carboxylic acid groups (broad SMARTS) is 1. The number of thiophene rings is 1. The molecule has 0 spiro atoms. The fourth-order valence-corrected chi connectivity index (χ4v) is 7.81. The lowest BCUT2D eigenvalue weighted by Crippen LogP contribution is -2.50. The molecule has 4 rings (SSSR count). The van der Waals surface area contributed by atoms with Crippen molar-refractivity contribution in [3.63, 3.8) is 0 Å². The van der Waals surface area contributed by atoms with Gasteiger partial charge < -0.3 is 26.4 Å². The summed E-state index contributed by atoms with van der Waals surface area (Å²) in [5.41, 5.74) is 0.850. The highest BCUT2D eigenvalue weighted by Gasteiger charge is 2.27. The molecule has 0 bridgehead atoms. The van der Waals surface area contributed by atoms with Crippen LogP contribution in [0.1, 0.15) is 51.4 Å².